The minimum absolute atomic E-state index is 0.157. The predicted molar refractivity (Wildman–Crippen MR) is 80.1 cm³/mol. The topological polar surface area (TPSA) is 58.1 Å². The Labute approximate surface area is 124 Å². The van der Waals surface area contributed by atoms with Crippen molar-refractivity contribution in [1.29, 1.82) is 0 Å². The molecule has 1 heterocycles. The molecule has 1 N–H and O–H groups in total. The molecule has 0 aliphatic heterocycles. The Bertz CT molecular complexity index is 472. The van der Waals surface area contributed by atoms with Crippen molar-refractivity contribution in [3.63, 3.8) is 0 Å². The lowest BCUT2D eigenvalue weighted by Gasteiger charge is -2.18. The molecule has 1 amide bonds. The second kappa shape index (κ2) is 6.88. The summed E-state index contributed by atoms with van der Waals surface area (Å²) in [6.07, 6.45) is 2.74. The van der Waals surface area contributed by atoms with E-state index in [2.05, 4.69) is 15.3 Å². The van der Waals surface area contributed by atoms with Gasteiger partial charge in [-0.25, -0.2) is 9.97 Å². The van der Waals surface area contributed by atoms with Gasteiger partial charge in [0.05, 0.1) is 0 Å². The molecule has 20 heavy (non-hydrogen) atoms. The fraction of sp³-hybridized carbons (Fsp3) is 0.643. The zero-order valence-corrected chi connectivity index (χ0v) is 12.8. The summed E-state index contributed by atoms with van der Waals surface area (Å²) >= 11 is 5.99. The molecular weight excluding hydrogens is 276 g/mol. The van der Waals surface area contributed by atoms with Crippen molar-refractivity contribution >= 4 is 23.3 Å². The van der Waals surface area contributed by atoms with Crippen LogP contribution < -0.4 is 5.32 Å². The third-order valence-electron chi connectivity index (χ3n) is 3.42. The molecule has 110 valence electrons. The smallest absolute Gasteiger partial charge is 0.224 e. The highest BCUT2D eigenvalue weighted by Crippen LogP contribution is 2.38. The maximum atomic E-state index is 11.9. The van der Waals surface area contributed by atoms with Crippen molar-refractivity contribution in [2.75, 3.05) is 25.0 Å². The Morgan fingerprint density at radius 3 is 2.70 bits per heavy atom. The molecule has 6 heteroatoms. The number of rotatable bonds is 7. The zero-order chi connectivity index (χ0) is 14.5. The molecule has 1 aliphatic carbocycles. The first-order valence-corrected chi connectivity index (χ1v) is 7.58. The summed E-state index contributed by atoms with van der Waals surface area (Å²) in [5.74, 6) is 2.14. The quantitative estimate of drug-likeness (QED) is 0.786. The molecule has 1 aromatic rings. The van der Waals surface area contributed by atoms with Crippen molar-refractivity contribution in [3.05, 3.63) is 17.0 Å². The Morgan fingerprint density at radius 2 is 2.10 bits per heavy atom. The van der Waals surface area contributed by atoms with E-state index in [1.54, 1.807) is 6.07 Å². The normalized spacial score (nSPS) is 14.2. The SMILES string of the molecule is CCN(CC)C(=O)CCNc1cc(Cl)nc(C2CC2)n1. The van der Waals surface area contributed by atoms with Crippen LogP contribution in [-0.4, -0.2) is 40.4 Å². The van der Waals surface area contributed by atoms with Gasteiger partial charge in [0.2, 0.25) is 5.91 Å². The highest BCUT2D eigenvalue weighted by atomic mass is 35.5. The lowest BCUT2D eigenvalue weighted by molar-refractivity contribution is -0.130. The number of amides is 1. The van der Waals surface area contributed by atoms with Gasteiger partial charge in [0.25, 0.3) is 0 Å². The molecule has 1 aliphatic rings. The molecule has 0 saturated heterocycles. The maximum absolute atomic E-state index is 11.9. The molecule has 0 aromatic carbocycles. The minimum atomic E-state index is 0.157. The average molecular weight is 297 g/mol. The van der Waals surface area contributed by atoms with Crippen LogP contribution in [-0.2, 0) is 4.79 Å². The van der Waals surface area contributed by atoms with Crippen LogP contribution in [0.4, 0.5) is 5.82 Å². The Hall–Kier alpha value is -1.36. The number of hydrogen-bond acceptors (Lipinski definition) is 4. The van der Waals surface area contributed by atoms with Crippen LogP contribution in [0.2, 0.25) is 5.15 Å². The molecule has 0 radical (unpaired) electrons. The van der Waals surface area contributed by atoms with Crippen molar-refractivity contribution in [3.8, 4) is 0 Å². The predicted octanol–water partition coefficient (Wildman–Crippen LogP) is 2.68. The summed E-state index contributed by atoms with van der Waals surface area (Å²) in [4.78, 5) is 22.4. The van der Waals surface area contributed by atoms with E-state index < -0.39 is 0 Å². The van der Waals surface area contributed by atoms with Crippen LogP contribution in [0.25, 0.3) is 0 Å². The molecule has 1 saturated carbocycles. The standard InChI is InChI=1S/C14H21ClN4O/c1-3-19(4-2)13(20)7-8-16-12-9-11(15)17-14(18-12)10-5-6-10/h9-10H,3-8H2,1-2H3,(H,16,17,18). The molecule has 0 bridgehead atoms. The van der Waals surface area contributed by atoms with Gasteiger partial charge in [0, 0.05) is 38.0 Å². The number of anilines is 1. The van der Waals surface area contributed by atoms with Crippen LogP contribution in [0.15, 0.2) is 6.07 Å². The highest BCUT2D eigenvalue weighted by molar-refractivity contribution is 6.29. The van der Waals surface area contributed by atoms with E-state index >= 15 is 0 Å². The van der Waals surface area contributed by atoms with E-state index in [1.165, 1.54) is 0 Å². The third-order valence-corrected chi connectivity index (χ3v) is 3.61. The Kier molecular flexibility index (Phi) is 5.17. The first kappa shape index (κ1) is 15.0. The van der Waals surface area contributed by atoms with E-state index in [4.69, 9.17) is 11.6 Å². The van der Waals surface area contributed by atoms with Gasteiger partial charge < -0.3 is 10.2 Å². The van der Waals surface area contributed by atoms with E-state index in [-0.39, 0.29) is 5.91 Å². The Morgan fingerprint density at radius 1 is 1.40 bits per heavy atom. The van der Waals surface area contributed by atoms with Gasteiger partial charge in [0.15, 0.2) is 0 Å². The summed E-state index contributed by atoms with van der Waals surface area (Å²) in [6.45, 7) is 6.04. The number of halogens is 1. The van der Waals surface area contributed by atoms with Gasteiger partial charge in [-0.1, -0.05) is 11.6 Å². The lowest BCUT2D eigenvalue weighted by Crippen LogP contribution is -2.31. The average Bonchev–Trinajstić information content (AvgIpc) is 3.24. The summed E-state index contributed by atoms with van der Waals surface area (Å²) in [6, 6.07) is 1.70. The number of carbonyl (C=O) groups excluding carboxylic acids is 1. The second-order valence-corrected chi connectivity index (χ2v) is 5.34. The lowest BCUT2D eigenvalue weighted by atomic mass is 10.3. The third kappa shape index (κ3) is 4.07. The van der Waals surface area contributed by atoms with Crippen LogP contribution in [0.3, 0.4) is 0 Å². The fourth-order valence-corrected chi connectivity index (χ4v) is 2.27. The van der Waals surface area contributed by atoms with E-state index in [0.717, 1.165) is 31.8 Å². The molecule has 1 aromatic heterocycles. The number of hydrogen-bond donors (Lipinski definition) is 1. The van der Waals surface area contributed by atoms with Crippen LogP contribution in [0.5, 0.6) is 0 Å². The number of nitrogens with one attached hydrogen (secondary N) is 1. The van der Waals surface area contributed by atoms with Gasteiger partial charge >= 0.3 is 0 Å². The van der Waals surface area contributed by atoms with Gasteiger partial charge in [-0.3, -0.25) is 4.79 Å². The summed E-state index contributed by atoms with van der Waals surface area (Å²) in [7, 11) is 0. The summed E-state index contributed by atoms with van der Waals surface area (Å²) in [5.41, 5.74) is 0. The summed E-state index contributed by atoms with van der Waals surface area (Å²) < 4.78 is 0. The Balaban J connectivity index is 1.86. The van der Waals surface area contributed by atoms with Crippen LogP contribution >= 0.6 is 11.6 Å². The van der Waals surface area contributed by atoms with E-state index in [1.807, 2.05) is 18.7 Å². The van der Waals surface area contributed by atoms with Gasteiger partial charge in [-0.2, -0.15) is 0 Å². The second-order valence-electron chi connectivity index (χ2n) is 4.95. The van der Waals surface area contributed by atoms with Crippen molar-refractivity contribution in [2.24, 2.45) is 0 Å². The van der Waals surface area contributed by atoms with Crippen LogP contribution in [0.1, 0.15) is 44.9 Å². The molecular formula is C14H21ClN4O. The van der Waals surface area contributed by atoms with E-state index in [9.17, 15) is 4.79 Å². The number of nitrogens with zero attached hydrogens (tertiary/aromatic N) is 3. The summed E-state index contributed by atoms with van der Waals surface area (Å²) in [5, 5.41) is 3.62. The first-order valence-electron chi connectivity index (χ1n) is 7.20. The largest absolute Gasteiger partial charge is 0.369 e. The highest BCUT2D eigenvalue weighted by Gasteiger charge is 2.27. The van der Waals surface area contributed by atoms with Gasteiger partial charge in [-0.05, 0) is 26.7 Å². The van der Waals surface area contributed by atoms with E-state index in [0.29, 0.717) is 29.9 Å². The molecule has 0 spiro atoms. The molecule has 1 fully saturated rings. The molecule has 5 nitrogen and oxygen atoms in total. The fourth-order valence-electron chi connectivity index (χ4n) is 2.08. The zero-order valence-electron chi connectivity index (χ0n) is 12.0. The van der Waals surface area contributed by atoms with Gasteiger partial charge in [-0.15, -0.1) is 0 Å². The monoisotopic (exact) mass is 296 g/mol. The molecule has 0 unspecified atom stereocenters. The number of carbonyl (C=O) groups is 1. The maximum Gasteiger partial charge on any atom is 0.224 e. The van der Waals surface area contributed by atoms with Gasteiger partial charge in [0.1, 0.15) is 16.8 Å². The minimum Gasteiger partial charge on any atom is -0.369 e. The molecule has 2 rings (SSSR count). The van der Waals surface area contributed by atoms with Crippen molar-refractivity contribution in [1.82, 2.24) is 14.9 Å². The van der Waals surface area contributed by atoms with Crippen molar-refractivity contribution < 1.29 is 4.79 Å². The first-order chi connectivity index (χ1) is 9.63. The number of aromatic nitrogens is 2. The van der Waals surface area contributed by atoms with Crippen molar-refractivity contribution in [2.45, 2.75) is 39.0 Å². The van der Waals surface area contributed by atoms with Crippen LogP contribution in [0, 0.1) is 0 Å². The molecule has 0 atom stereocenters.